The largest absolute Gasteiger partial charge is 0.493 e. The number of fused-ring (bicyclic) bond motifs is 1. The van der Waals surface area contributed by atoms with Gasteiger partial charge in [0.2, 0.25) is 0 Å². The number of hydrogen-bond acceptors (Lipinski definition) is 4. The minimum atomic E-state index is -0.947. The van der Waals surface area contributed by atoms with Crippen LogP contribution < -0.4 is 14.9 Å². The first-order valence-electron chi connectivity index (χ1n) is 9.08. The standard InChI is InChI=1S/C21H27BO4/c1-20(2,23)21(3,4)26-22-17-10-11-18-16(12-13-24-18)19(17)25-14-15-8-6-5-7-9-15/h5-11,22-23H,12-14H2,1-4H3. The lowest BCUT2D eigenvalue weighted by atomic mass is 9.81. The van der Waals surface area contributed by atoms with E-state index in [9.17, 15) is 5.11 Å². The van der Waals surface area contributed by atoms with Gasteiger partial charge in [0.25, 0.3) is 0 Å². The minimum absolute atomic E-state index is 0.369. The van der Waals surface area contributed by atoms with Crippen LogP contribution in [0.5, 0.6) is 11.5 Å². The molecular formula is C21H27BO4. The van der Waals surface area contributed by atoms with Crippen LogP contribution in [0.4, 0.5) is 0 Å². The highest BCUT2D eigenvalue weighted by Gasteiger charge is 2.36. The van der Waals surface area contributed by atoms with Crippen LogP contribution in [0, 0.1) is 0 Å². The van der Waals surface area contributed by atoms with Crippen LogP contribution >= 0.6 is 0 Å². The van der Waals surface area contributed by atoms with E-state index in [-0.39, 0.29) is 0 Å². The summed E-state index contributed by atoms with van der Waals surface area (Å²) in [5.41, 5.74) is 1.57. The molecule has 0 bridgehead atoms. The van der Waals surface area contributed by atoms with Crippen molar-refractivity contribution in [2.75, 3.05) is 6.61 Å². The molecule has 1 N–H and O–H groups in total. The van der Waals surface area contributed by atoms with Crippen LogP contribution in [0.3, 0.4) is 0 Å². The molecule has 2 aromatic rings. The molecule has 0 spiro atoms. The average molecular weight is 354 g/mol. The molecule has 0 unspecified atom stereocenters. The molecule has 0 amide bonds. The van der Waals surface area contributed by atoms with E-state index in [1.54, 1.807) is 13.8 Å². The Bertz CT molecular complexity index is 751. The molecule has 3 rings (SSSR count). The predicted octanol–water partition coefficient (Wildman–Crippen LogP) is 2.74. The number of ether oxygens (including phenoxy) is 2. The maximum Gasteiger partial charge on any atom is 0.313 e. The molecule has 1 aliphatic rings. The van der Waals surface area contributed by atoms with Crippen molar-refractivity contribution in [3.8, 4) is 11.5 Å². The molecule has 0 aliphatic carbocycles. The van der Waals surface area contributed by atoms with Crippen LogP contribution in [-0.2, 0) is 17.7 Å². The van der Waals surface area contributed by atoms with Gasteiger partial charge in [0.1, 0.15) is 18.1 Å². The lowest BCUT2D eigenvalue weighted by molar-refractivity contribution is -0.0893. The van der Waals surface area contributed by atoms with Crippen molar-refractivity contribution in [1.82, 2.24) is 0 Å². The van der Waals surface area contributed by atoms with E-state index in [1.807, 2.05) is 56.3 Å². The Labute approximate surface area is 156 Å². The van der Waals surface area contributed by atoms with Crippen molar-refractivity contribution in [3.63, 3.8) is 0 Å². The van der Waals surface area contributed by atoms with Crippen molar-refractivity contribution in [2.24, 2.45) is 0 Å². The summed E-state index contributed by atoms with van der Waals surface area (Å²) in [4.78, 5) is 0. The number of aliphatic hydroxyl groups is 1. The van der Waals surface area contributed by atoms with Crippen molar-refractivity contribution in [1.29, 1.82) is 0 Å². The highest BCUT2D eigenvalue weighted by molar-refractivity contribution is 6.48. The Morgan fingerprint density at radius 1 is 1.08 bits per heavy atom. The van der Waals surface area contributed by atoms with E-state index in [2.05, 4.69) is 0 Å². The first-order chi connectivity index (χ1) is 12.3. The van der Waals surface area contributed by atoms with Gasteiger partial charge in [0.05, 0.1) is 17.8 Å². The third-order valence-electron chi connectivity index (χ3n) is 5.20. The molecule has 4 nitrogen and oxygen atoms in total. The molecule has 2 aromatic carbocycles. The first kappa shape index (κ1) is 18.8. The van der Waals surface area contributed by atoms with Crippen molar-refractivity contribution in [2.45, 2.75) is 51.9 Å². The second kappa shape index (κ2) is 7.33. The van der Waals surface area contributed by atoms with Gasteiger partial charge in [-0.15, -0.1) is 0 Å². The Balaban J connectivity index is 1.81. The monoisotopic (exact) mass is 354 g/mol. The van der Waals surface area contributed by atoms with Gasteiger partial charge >= 0.3 is 7.48 Å². The van der Waals surface area contributed by atoms with Crippen LogP contribution in [0.25, 0.3) is 0 Å². The lowest BCUT2D eigenvalue weighted by Gasteiger charge is -2.37. The smallest absolute Gasteiger partial charge is 0.313 e. The molecule has 1 aliphatic heterocycles. The summed E-state index contributed by atoms with van der Waals surface area (Å²) in [5, 5.41) is 10.3. The van der Waals surface area contributed by atoms with E-state index in [0.717, 1.165) is 34.5 Å². The first-order valence-corrected chi connectivity index (χ1v) is 9.08. The zero-order valence-electron chi connectivity index (χ0n) is 16.0. The van der Waals surface area contributed by atoms with Gasteiger partial charge in [-0.3, -0.25) is 0 Å². The molecule has 0 atom stereocenters. The molecule has 0 saturated carbocycles. The zero-order chi connectivity index (χ0) is 18.8. The highest BCUT2D eigenvalue weighted by Crippen LogP contribution is 2.33. The second-order valence-electron chi connectivity index (χ2n) is 7.76. The van der Waals surface area contributed by atoms with Crippen LogP contribution in [0.1, 0.15) is 38.8 Å². The van der Waals surface area contributed by atoms with E-state index in [0.29, 0.717) is 20.7 Å². The van der Waals surface area contributed by atoms with E-state index < -0.39 is 11.2 Å². The fraction of sp³-hybridized carbons (Fsp3) is 0.429. The number of hydrogen-bond donors (Lipinski definition) is 1. The summed E-state index contributed by atoms with van der Waals surface area (Å²) in [6.45, 7) is 8.49. The fourth-order valence-corrected chi connectivity index (χ4v) is 2.75. The van der Waals surface area contributed by atoms with Crippen LogP contribution in [0.15, 0.2) is 42.5 Å². The average Bonchev–Trinajstić information content (AvgIpc) is 3.07. The summed E-state index contributed by atoms with van der Waals surface area (Å²) in [6, 6.07) is 14.1. The molecule has 0 saturated heterocycles. The normalized spacial score (nSPS) is 13.9. The third kappa shape index (κ3) is 4.05. The van der Waals surface area contributed by atoms with E-state index in [4.69, 9.17) is 14.1 Å². The topological polar surface area (TPSA) is 47.9 Å². The summed E-state index contributed by atoms with van der Waals surface area (Å²) in [6.07, 6.45) is 0.835. The molecule has 26 heavy (non-hydrogen) atoms. The van der Waals surface area contributed by atoms with Crippen LogP contribution in [0.2, 0.25) is 0 Å². The molecular weight excluding hydrogens is 327 g/mol. The fourth-order valence-electron chi connectivity index (χ4n) is 2.75. The minimum Gasteiger partial charge on any atom is -0.493 e. The molecule has 0 fully saturated rings. The Morgan fingerprint density at radius 3 is 2.50 bits per heavy atom. The van der Waals surface area contributed by atoms with Gasteiger partial charge in [-0.05, 0) is 44.8 Å². The maximum atomic E-state index is 10.3. The van der Waals surface area contributed by atoms with E-state index >= 15 is 0 Å². The molecule has 138 valence electrons. The molecule has 0 aromatic heterocycles. The lowest BCUT2D eigenvalue weighted by Crippen LogP contribution is -2.49. The molecule has 5 heteroatoms. The molecule has 1 heterocycles. The van der Waals surface area contributed by atoms with Gasteiger partial charge in [-0.1, -0.05) is 36.4 Å². The zero-order valence-corrected chi connectivity index (χ0v) is 16.0. The quantitative estimate of drug-likeness (QED) is 0.777. The maximum absolute atomic E-state index is 10.3. The highest BCUT2D eigenvalue weighted by atomic mass is 16.5. The Hall–Kier alpha value is -1.98. The Morgan fingerprint density at radius 2 is 1.81 bits per heavy atom. The van der Waals surface area contributed by atoms with E-state index in [1.165, 1.54) is 0 Å². The summed E-state index contributed by atoms with van der Waals surface area (Å²) >= 11 is 0. The predicted molar refractivity (Wildman–Crippen MR) is 105 cm³/mol. The van der Waals surface area contributed by atoms with Crippen molar-refractivity contribution >= 4 is 12.9 Å². The van der Waals surface area contributed by atoms with Gasteiger partial charge < -0.3 is 19.2 Å². The number of rotatable bonds is 7. The third-order valence-corrected chi connectivity index (χ3v) is 5.20. The van der Waals surface area contributed by atoms with Crippen molar-refractivity contribution < 1.29 is 19.2 Å². The summed E-state index contributed by atoms with van der Waals surface area (Å²) < 4.78 is 17.9. The van der Waals surface area contributed by atoms with Gasteiger partial charge in [0.15, 0.2) is 0 Å². The van der Waals surface area contributed by atoms with Gasteiger partial charge in [-0.25, -0.2) is 0 Å². The SMILES string of the molecule is CC(C)(O)C(C)(C)OBc1ccc2c(c1OCc1ccccc1)CCO2. The Kier molecular flexibility index (Phi) is 5.30. The van der Waals surface area contributed by atoms with Gasteiger partial charge in [-0.2, -0.15) is 0 Å². The summed E-state index contributed by atoms with van der Waals surface area (Å²) in [7, 11) is 0.369. The summed E-state index contributed by atoms with van der Waals surface area (Å²) in [5.74, 6) is 1.73. The van der Waals surface area contributed by atoms with Gasteiger partial charge in [0, 0.05) is 12.0 Å². The molecule has 0 radical (unpaired) electrons. The second-order valence-corrected chi connectivity index (χ2v) is 7.76. The number of benzene rings is 2. The van der Waals surface area contributed by atoms with Crippen LogP contribution in [-0.4, -0.2) is 30.4 Å². The van der Waals surface area contributed by atoms with Crippen molar-refractivity contribution in [3.05, 3.63) is 53.6 Å².